The fraction of sp³-hybridized carbons (Fsp3) is 1.00. The SMILES string of the molecule is O=S(=O)(O)CCCCN1CCN(CCO)CC1.O=S(=O)(O)CCN1CCN(CCO)CC1. The lowest BCUT2D eigenvalue weighted by Gasteiger charge is -2.34. The van der Waals surface area contributed by atoms with Gasteiger partial charge >= 0.3 is 0 Å². The molecule has 0 aromatic carbocycles. The van der Waals surface area contributed by atoms with Crippen LogP contribution in [0.1, 0.15) is 12.8 Å². The summed E-state index contributed by atoms with van der Waals surface area (Å²) in [5, 5.41) is 17.5. The van der Waals surface area contributed by atoms with Crippen molar-refractivity contribution in [3.8, 4) is 0 Å². The molecule has 0 atom stereocenters. The Bertz CT molecular complexity index is 692. The molecule has 14 heteroatoms. The minimum absolute atomic E-state index is 0.141. The van der Waals surface area contributed by atoms with Gasteiger partial charge in [0.15, 0.2) is 0 Å². The molecule has 0 bridgehead atoms. The third-order valence-corrected chi connectivity index (χ3v) is 7.06. The maximum Gasteiger partial charge on any atom is 0.266 e. The molecule has 0 aromatic rings. The summed E-state index contributed by atoms with van der Waals surface area (Å²) in [7, 11) is -7.64. The van der Waals surface area contributed by atoms with Crippen LogP contribution in [0.4, 0.5) is 0 Å². The summed E-state index contributed by atoms with van der Waals surface area (Å²) >= 11 is 0. The highest BCUT2D eigenvalue weighted by atomic mass is 32.2. The van der Waals surface area contributed by atoms with Crippen LogP contribution in [0.25, 0.3) is 0 Å². The molecule has 2 aliphatic heterocycles. The van der Waals surface area contributed by atoms with E-state index in [1.165, 1.54) is 0 Å². The molecule has 0 saturated carbocycles. The van der Waals surface area contributed by atoms with Crippen molar-refractivity contribution in [3.05, 3.63) is 0 Å². The number of hydrogen-bond donors (Lipinski definition) is 4. The molecule has 12 nitrogen and oxygen atoms in total. The Morgan fingerprint density at radius 2 is 0.844 bits per heavy atom. The van der Waals surface area contributed by atoms with E-state index in [2.05, 4.69) is 14.7 Å². The van der Waals surface area contributed by atoms with Crippen molar-refractivity contribution in [2.45, 2.75) is 12.8 Å². The fourth-order valence-corrected chi connectivity index (χ4v) is 4.68. The van der Waals surface area contributed by atoms with Crippen molar-refractivity contribution in [2.24, 2.45) is 0 Å². The molecular weight excluding hydrogens is 464 g/mol. The minimum Gasteiger partial charge on any atom is -0.395 e. The van der Waals surface area contributed by atoms with Gasteiger partial charge in [-0.1, -0.05) is 0 Å². The standard InChI is InChI=1S/C10H22N2O4S.C8H18N2O4S/c13-9-8-12-6-4-11(5-7-12)3-1-2-10-17(14,15)16;11-7-5-9-1-3-10(4-2-9)6-8-15(12,13)14/h13H,1-10H2,(H,14,15,16);11H,1-8H2,(H,12,13,14). The predicted octanol–water partition coefficient (Wildman–Crippen LogP) is -2.25. The largest absolute Gasteiger partial charge is 0.395 e. The summed E-state index contributed by atoms with van der Waals surface area (Å²) in [6.07, 6.45) is 1.30. The lowest BCUT2D eigenvalue weighted by Crippen LogP contribution is -2.48. The van der Waals surface area contributed by atoms with E-state index in [-0.39, 0.29) is 24.7 Å². The van der Waals surface area contributed by atoms with E-state index >= 15 is 0 Å². The van der Waals surface area contributed by atoms with Gasteiger partial charge in [0.2, 0.25) is 0 Å². The fourth-order valence-electron chi connectivity index (χ4n) is 3.62. The zero-order chi connectivity index (χ0) is 24.0. The van der Waals surface area contributed by atoms with Gasteiger partial charge in [-0.25, -0.2) is 0 Å². The van der Waals surface area contributed by atoms with E-state index in [0.29, 0.717) is 19.5 Å². The van der Waals surface area contributed by atoms with Gasteiger partial charge in [0.1, 0.15) is 0 Å². The maximum atomic E-state index is 10.5. The highest BCUT2D eigenvalue weighted by Gasteiger charge is 2.18. The second kappa shape index (κ2) is 15.5. The maximum absolute atomic E-state index is 10.5. The third-order valence-electron chi connectivity index (χ3n) is 5.55. The Kier molecular flexibility index (Phi) is 14.3. The van der Waals surface area contributed by atoms with E-state index in [1.54, 1.807) is 0 Å². The average Bonchev–Trinajstić information content (AvgIpc) is 2.72. The quantitative estimate of drug-likeness (QED) is 0.167. The Hall–Kier alpha value is -0.420. The number of piperazine rings is 2. The monoisotopic (exact) mass is 504 g/mol. The summed E-state index contributed by atoms with van der Waals surface area (Å²) in [6, 6.07) is 0. The number of β-amino-alcohol motifs (C(OH)–C–C–N with tert-alkyl or cyclic N) is 2. The molecule has 2 heterocycles. The first kappa shape index (κ1) is 29.6. The van der Waals surface area contributed by atoms with Crippen LogP contribution in [0.2, 0.25) is 0 Å². The van der Waals surface area contributed by atoms with Crippen LogP contribution in [0.15, 0.2) is 0 Å². The van der Waals surface area contributed by atoms with Gasteiger partial charge in [0.05, 0.1) is 24.7 Å². The molecule has 32 heavy (non-hydrogen) atoms. The van der Waals surface area contributed by atoms with Crippen molar-refractivity contribution in [3.63, 3.8) is 0 Å². The van der Waals surface area contributed by atoms with Crippen LogP contribution in [-0.2, 0) is 20.2 Å². The normalized spacial score (nSPS) is 20.1. The average molecular weight is 505 g/mol. The van der Waals surface area contributed by atoms with E-state index in [9.17, 15) is 16.8 Å². The molecule has 2 rings (SSSR count). The second-order valence-corrected chi connectivity index (χ2v) is 11.2. The van der Waals surface area contributed by atoms with Crippen LogP contribution in [0.3, 0.4) is 0 Å². The molecule has 0 unspecified atom stereocenters. The number of nitrogens with zero attached hydrogens (tertiary/aromatic N) is 4. The first-order chi connectivity index (χ1) is 15.0. The van der Waals surface area contributed by atoms with Crippen molar-refractivity contribution >= 4 is 20.2 Å². The molecule has 4 N–H and O–H groups in total. The van der Waals surface area contributed by atoms with Crippen LogP contribution >= 0.6 is 0 Å². The number of aliphatic hydroxyl groups excluding tert-OH is 2. The Morgan fingerprint density at radius 3 is 1.19 bits per heavy atom. The number of unbranched alkanes of at least 4 members (excludes halogenated alkanes) is 1. The van der Waals surface area contributed by atoms with Crippen molar-refractivity contribution < 1.29 is 36.2 Å². The van der Waals surface area contributed by atoms with Gasteiger partial charge in [-0.3, -0.25) is 23.8 Å². The highest BCUT2D eigenvalue weighted by molar-refractivity contribution is 7.86. The molecule has 0 radical (unpaired) electrons. The molecule has 2 fully saturated rings. The predicted molar refractivity (Wildman–Crippen MR) is 122 cm³/mol. The zero-order valence-corrected chi connectivity index (χ0v) is 20.4. The lowest BCUT2D eigenvalue weighted by molar-refractivity contribution is 0.112. The summed E-state index contributed by atoms with van der Waals surface area (Å²) in [6.45, 7) is 10.1. The highest BCUT2D eigenvalue weighted by Crippen LogP contribution is 2.04. The number of rotatable bonds is 12. The zero-order valence-electron chi connectivity index (χ0n) is 18.8. The molecule has 0 amide bonds. The van der Waals surface area contributed by atoms with E-state index < -0.39 is 20.2 Å². The van der Waals surface area contributed by atoms with Crippen LogP contribution in [0, 0.1) is 0 Å². The molecule has 0 aromatic heterocycles. The first-order valence-corrected chi connectivity index (χ1v) is 14.3. The summed E-state index contributed by atoms with van der Waals surface area (Å²) < 4.78 is 59.2. The van der Waals surface area contributed by atoms with E-state index in [1.807, 2.05) is 4.90 Å². The minimum atomic E-state index is -3.84. The summed E-state index contributed by atoms with van der Waals surface area (Å²) in [5.74, 6) is -0.343. The second-order valence-electron chi connectivity index (χ2n) is 8.09. The van der Waals surface area contributed by atoms with Gasteiger partial charge in [-0.15, -0.1) is 0 Å². The van der Waals surface area contributed by atoms with Gasteiger partial charge in [-0.2, -0.15) is 16.8 Å². The van der Waals surface area contributed by atoms with Crippen molar-refractivity contribution in [1.82, 2.24) is 19.6 Å². The van der Waals surface area contributed by atoms with Gasteiger partial charge in [0.25, 0.3) is 20.2 Å². The van der Waals surface area contributed by atoms with Gasteiger partial charge in [-0.05, 0) is 19.4 Å². The Morgan fingerprint density at radius 1 is 0.500 bits per heavy atom. The molecule has 2 aliphatic rings. The molecule has 0 spiro atoms. The number of hydrogen-bond acceptors (Lipinski definition) is 10. The van der Waals surface area contributed by atoms with Gasteiger partial charge < -0.3 is 15.1 Å². The smallest absolute Gasteiger partial charge is 0.266 e. The van der Waals surface area contributed by atoms with Crippen LogP contribution < -0.4 is 0 Å². The molecule has 192 valence electrons. The van der Waals surface area contributed by atoms with Crippen molar-refractivity contribution in [2.75, 3.05) is 103 Å². The lowest BCUT2D eigenvalue weighted by atomic mass is 10.2. The summed E-state index contributed by atoms with van der Waals surface area (Å²) in [5.41, 5.74) is 0. The van der Waals surface area contributed by atoms with Crippen molar-refractivity contribution in [1.29, 1.82) is 0 Å². The molecular formula is C18H40N4O8S2. The van der Waals surface area contributed by atoms with E-state index in [0.717, 1.165) is 71.9 Å². The number of aliphatic hydroxyl groups is 2. The Balaban J connectivity index is 0.000000323. The molecule has 0 aliphatic carbocycles. The van der Waals surface area contributed by atoms with Crippen LogP contribution in [0.5, 0.6) is 0 Å². The van der Waals surface area contributed by atoms with Gasteiger partial charge in [0, 0.05) is 72.0 Å². The van der Waals surface area contributed by atoms with Crippen LogP contribution in [-0.4, -0.2) is 159 Å². The topological polar surface area (TPSA) is 162 Å². The first-order valence-electron chi connectivity index (χ1n) is 11.0. The third kappa shape index (κ3) is 15.4. The Labute approximate surface area is 192 Å². The van der Waals surface area contributed by atoms with E-state index in [4.69, 9.17) is 19.3 Å². The molecule has 2 saturated heterocycles. The summed E-state index contributed by atoms with van der Waals surface area (Å²) in [4.78, 5) is 8.64.